The lowest BCUT2D eigenvalue weighted by Crippen LogP contribution is -2.18. The number of carbonyl (C=O) groups excluding carboxylic acids is 1. The Hall–Kier alpha value is -0.890. The molecule has 0 bridgehead atoms. The predicted molar refractivity (Wildman–Crippen MR) is 67.1 cm³/mol. The van der Waals surface area contributed by atoms with Crippen LogP contribution in [0.3, 0.4) is 0 Å². The average molecular weight is 255 g/mol. The topological polar surface area (TPSA) is 17.1 Å². The summed E-state index contributed by atoms with van der Waals surface area (Å²) in [6.45, 7) is 1.66. The van der Waals surface area contributed by atoms with Crippen LogP contribution >= 0.6 is 11.6 Å². The molecule has 1 fully saturated rings. The van der Waals surface area contributed by atoms with E-state index < -0.39 is 0 Å². The van der Waals surface area contributed by atoms with Crippen molar-refractivity contribution in [1.29, 1.82) is 0 Å². The van der Waals surface area contributed by atoms with Crippen molar-refractivity contribution in [3.63, 3.8) is 0 Å². The second kappa shape index (κ2) is 5.18. The van der Waals surface area contributed by atoms with Gasteiger partial charge in [-0.15, -0.1) is 0 Å². The number of hydrogen-bond acceptors (Lipinski definition) is 1. The van der Waals surface area contributed by atoms with Crippen molar-refractivity contribution < 1.29 is 9.18 Å². The molecule has 0 aliphatic heterocycles. The molecule has 0 amide bonds. The average Bonchev–Trinajstić information content (AvgIpc) is 2.34. The van der Waals surface area contributed by atoms with E-state index >= 15 is 0 Å². The van der Waals surface area contributed by atoms with E-state index in [2.05, 4.69) is 0 Å². The maximum atomic E-state index is 13.3. The molecule has 0 spiro atoms. The molecule has 3 heteroatoms. The maximum absolute atomic E-state index is 13.3. The van der Waals surface area contributed by atoms with Crippen LogP contribution in [-0.4, -0.2) is 5.78 Å². The Kier molecular flexibility index (Phi) is 3.82. The molecule has 0 N–H and O–H groups in total. The summed E-state index contributed by atoms with van der Waals surface area (Å²) < 4.78 is 13.3. The van der Waals surface area contributed by atoms with Gasteiger partial charge in [-0.25, -0.2) is 4.39 Å². The smallest absolute Gasteiger partial charge is 0.167 e. The van der Waals surface area contributed by atoms with Crippen molar-refractivity contribution in [3.8, 4) is 0 Å². The monoisotopic (exact) mass is 254 g/mol. The molecule has 1 saturated carbocycles. The summed E-state index contributed by atoms with van der Waals surface area (Å²) in [5.41, 5.74) is 0.964. The number of Topliss-reactive ketones (excluding diaryl/α,β-unsaturated/α-hetero) is 1. The summed E-state index contributed by atoms with van der Waals surface area (Å²) >= 11 is 5.95. The van der Waals surface area contributed by atoms with E-state index in [1.807, 2.05) is 0 Å². The quantitative estimate of drug-likeness (QED) is 0.708. The summed E-state index contributed by atoms with van der Waals surface area (Å²) in [5.74, 6) is -0.195. The van der Waals surface area contributed by atoms with Crippen molar-refractivity contribution in [3.05, 3.63) is 34.1 Å². The molecule has 1 aliphatic carbocycles. The zero-order valence-electron chi connectivity index (χ0n) is 9.93. The second-order valence-corrected chi connectivity index (χ2v) is 5.19. The van der Waals surface area contributed by atoms with Crippen molar-refractivity contribution in [2.45, 2.75) is 39.0 Å². The molecule has 92 valence electrons. The first kappa shape index (κ1) is 12.6. The molecule has 0 unspecified atom stereocenters. The maximum Gasteiger partial charge on any atom is 0.167 e. The van der Waals surface area contributed by atoms with Crippen molar-refractivity contribution in [2.24, 2.45) is 5.92 Å². The van der Waals surface area contributed by atoms with E-state index in [4.69, 9.17) is 11.6 Å². The van der Waals surface area contributed by atoms with Gasteiger partial charge in [0.2, 0.25) is 0 Å². The number of hydrogen-bond donors (Lipinski definition) is 0. The lowest BCUT2D eigenvalue weighted by molar-refractivity contribution is 0.0889. The Morgan fingerprint density at radius 2 is 1.94 bits per heavy atom. The Balaban J connectivity index is 2.26. The lowest BCUT2D eigenvalue weighted by Gasteiger charge is -2.21. The van der Waals surface area contributed by atoms with E-state index in [1.54, 1.807) is 13.0 Å². The molecule has 0 atom stereocenters. The van der Waals surface area contributed by atoms with Crippen LogP contribution < -0.4 is 0 Å². The summed E-state index contributed by atoms with van der Waals surface area (Å²) in [4.78, 5) is 12.3. The molecular formula is C14H16ClFO. The van der Waals surface area contributed by atoms with Crippen LogP contribution in [0.25, 0.3) is 0 Å². The fraction of sp³-hybridized carbons (Fsp3) is 0.500. The standard InChI is InChI=1S/C14H16ClFO/c1-9-7-11(12(15)8-13(9)16)14(17)10-5-3-2-4-6-10/h7-8,10H,2-6H2,1H3. The molecule has 0 radical (unpaired) electrons. The van der Waals surface area contributed by atoms with Crippen LogP contribution in [0.5, 0.6) is 0 Å². The van der Waals surface area contributed by atoms with Crippen molar-refractivity contribution in [1.82, 2.24) is 0 Å². The molecule has 0 saturated heterocycles. The second-order valence-electron chi connectivity index (χ2n) is 4.78. The third kappa shape index (κ3) is 2.68. The van der Waals surface area contributed by atoms with Gasteiger partial charge in [-0.1, -0.05) is 30.9 Å². The number of halogens is 2. The molecule has 17 heavy (non-hydrogen) atoms. The summed E-state index contributed by atoms with van der Waals surface area (Å²) in [5, 5.41) is 0.240. The third-order valence-corrected chi connectivity index (χ3v) is 3.80. The minimum absolute atomic E-state index is 0.0751. The number of ketones is 1. The molecule has 1 aromatic carbocycles. The van der Waals surface area contributed by atoms with E-state index in [0.717, 1.165) is 25.7 Å². The van der Waals surface area contributed by atoms with Crippen LogP contribution in [0.2, 0.25) is 5.02 Å². The van der Waals surface area contributed by atoms with Crippen LogP contribution in [0.15, 0.2) is 12.1 Å². The van der Waals surface area contributed by atoms with E-state index in [9.17, 15) is 9.18 Å². The molecule has 0 aromatic heterocycles. The largest absolute Gasteiger partial charge is 0.294 e. The first-order valence-electron chi connectivity index (χ1n) is 6.09. The van der Waals surface area contributed by atoms with Gasteiger partial charge in [-0.3, -0.25) is 4.79 Å². The summed E-state index contributed by atoms with van der Waals surface area (Å²) in [6.07, 6.45) is 5.29. The highest BCUT2D eigenvalue weighted by molar-refractivity contribution is 6.34. The Morgan fingerprint density at radius 1 is 1.29 bits per heavy atom. The minimum atomic E-state index is -0.352. The Labute approximate surface area is 106 Å². The van der Waals surface area contributed by atoms with Crippen LogP contribution in [0.4, 0.5) is 4.39 Å². The van der Waals surface area contributed by atoms with Crippen molar-refractivity contribution >= 4 is 17.4 Å². The van der Waals surface area contributed by atoms with Gasteiger partial charge < -0.3 is 0 Å². The van der Waals surface area contributed by atoms with Crippen LogP contribution in [0.1, 0.15) is 48.0 Å². The van der Waals surface area contributed by atoms with Crippen LogP contribution in [-0.2, 0) is 0 Å². The normalized spacial score (nSPS) is 17.1. The Morgan fingerprint density at radius 3 is 2.59 bits per heavy atom. The van der Waals surface area contributed by atoms with Gasteiger partial charge in [0.1, 0.15) is 5.82 Å². The van der Waals surface area contributed by atoms with Crippen molar-refractivity contribution in [2.75, 3.05) is 0 Å². The van der Waals surface area contributed by atoms with E-state index in [0.29, 0.717) is 11.1 Å². The van der Waals surface area contributed by atoms with E-state index in [1.165, 1.54) is 12.5 Å². The van der Waals surface area contributed by atoms with Gasteiger partial charge in [0.15, 0.2) is 5.78 Å². The number of rotatable bonds is 2. The van der Waals surface area contributed by atoms with Gasteiger partial charge in [0.25, 0.3) is 0 Å². The molecular weight excluding hydrogens is 239 g/mol. The van der Waals surface area contributed by atoms with Gasteiger partial charge in [0, 0.05) is 11.5 Å². The first-order chi connectivity index (χ1) is 8.09. The molecule has 1 aliphatic rings. The third-order valence-electron chi connectivity index (χ3n) is 3.49. The zero-order valence-corrected chi connectivity index (χ0v) is 10.7. The summed E-state index contributed by atoms with van der Waals surface area (Å²) in [7, 11) is 0. The van der Waals surface area contributed by atoms with Gasteiger partial charge in [-0.2, -0.15) is 0 Å². The molecule has 0 heterocycles. The number of aryl methyl sites for hydroxylation is 1. The zero-order chi connectivity index (χ0) is 12.4. The lowest BCUT2D eigenvalue weighted by atomic mass is 9.83. The highest BCUT2D eigenvalue weighted by Crippen LogP contribution is 2.30. The predicted octanol–water partition coefficient (Wildman–Crippen LogP) is 4.55. The number of carbonyl (C=O) groups is 1. The molecule has 2 rings (SSSR count). The fourth-order valence-electron chi connectivity index (χ4n) is 2.43. The highest BCUT2D eigenvalue weighted by Gasteiger charge is 2.24. The SMILES string of the molecule is Cc1cc(C(=O)C2CCCCC2)c(Cl)cc1F. The number of benzene rings is 1. The van der Waals surface area contributed by atoms with E-state index in [-0.39, 0.29) is 22.5 Å². The highest BCUT2D eigenvalue weighted by atomic mass is 35.5. The molecule has 1 nitrogen and oxygen atoms in total. The fourth-order valence-corrected chi connectivity index (χ4v) is 2.67. The van der Waals surface area contributed by atoms with Gasteiger partial charge in [-0.05, 0) is 37.5 Å². The summed E-state index contributed by atoms with van der Waals surface area (Å²) in [6, 6.07) is 2.82. The van der Waals surface area contributed by atoms with Crippen LogP contribution in [0, 0.1) is 18.7 Å². The van der Waals surface area contributed by atoms with Gasteiger partial charge in [0.05, 0.1) is 5.02 Å². The first-order valence-corrected chi connectivity index (χ1v) is 6.47. The Bertz CT molecular complexity index is 436. The minimum Gasteiger partial charge on any atom is -0.294 e. The van der Waals surface area contributed by atoms with Gasteiger partial charge >= 0.3 is 0 Å². The molecule has 1 aromatic rings.